The zero-order chi connectivity index (χ0) is 12.8. The van der Waals surface area contributed by atoms with E-state index in [1.165, 1.54) is 6.92 Å². The molecule has 0 aliphatic carbocycles. The number of hydrogen-bond acceptors (Lipinski definition) is 4. The van der Waals surface area contributed by atoms with E-state index in [9.17, 15) is 15.0 Å². The predicted molar refractivity (Wildman–Crippen MR) is 68.5 cm³/mol. The molecule has 0 saturated heterocycles. The van der Waals surface area contributed by atoms with E-state index in [1.54, 1.807) is 24.3 Å². The number of aliphatic hydroxyl groups is 2. The highest BCUT2D eigenvalue weighted by Gasteiger charge is 2.18. The molecule has 1 aromatic rings. The monoisotopic (exact) mass is 250 g/mol. The van der Waals surface area contributed by atoms with Crippen LogP contribution in [0.1, 0.15) is 24.2 Å². The van der Waals surface area contributed by atoms with E-state index in [0.29, 0.717) is 11.1 Å². The number of hydrogen-bond donors (Lipinski definition) is 2. The Labute approximate surface area is 105 Å². The van der Waals surface area contributed by atoms with Gasteiger partial charge in [-0.05, 0) is 17.7 Å². The first kappa shape index (κ1) is 13.8. The predicted octanol–water partition coefficient (Wildman–Crippen LogP) is 1.34. The van der Waals surface area contributed by atoms with Gasteiger partial charge in [0.05, 0.1) is 6.10 Å². The average Bonchev–Trinajstić information content (AvgIpc) is 2.35. The van der Waals surface area contributed by atoms with Gasteiger partial charge in [0, 0.05) is 18.2 Å². The summed E-state index contributed by atoms with van der Waals surface area (Å²) >= 11 is 0.989. The topological polar surface area (TPSA) is 57.5 Å². The lowest BCUT2D eigenvalue weighted by Gasteiger charge is -2.17. The van der Waals surface area contributed by atoms with Crippen molar-refractivity contribution in [3.63, 3.8) is 0 Å². The minimum atomic E-state index is -1.01. The zero-order valence-electron chi connectivity index (χ0n) is 9.46. The molecule has 2 unspecified atom stereocenters. The summed E-state index contributed by atoms with van der Waals surface area (Å²) in [6.45, 7) is 1.42. The Morgan fingerprint density at radius 2 is 2.00 bits per heavy atom. The van der Waals surface area contributed by atoms with Crippen molar-refractivity contribution in [2.45, 2.75) is 19.1 Å². The minimum absolute atomic E-state index is 0.0843. The fourth-order valence-electron chi connectivity index (χ4n) is 1.29. The fourth-order valence-corrected chi connectivity index (χ4v) is 1.88. The molecule has 1 rings (SSSR count). The number of thioether (sulfide) groups is 1. The van der Waals surface area contributed by atoms with Crippen LogP contribution < -0.4 is 0 Å². The molecule has 0 bridgehead atoms. The maximum atomic E-state index is 10.7. The van der Waals surface area contributed by atoms with Crippen LogP contribution in [0.3, 0.4) is 0 Å². The Morgan fingerprint density at radius 1 is 1.41 bits per heavy atom. The summed E-state index contributed by atoms with van der Waals surface area (Å²) < 4.78 is 0. The van der Waals surface area contributed by atoms with Crippen molar-refractivity contribution in [2.75, 3.05) is 5.75 Å². The molecule has 17 heavy (non-hydrogen) atoms. The molecular weight excluding hydrogens is 236 g/mol. The Kier molecular flexibility index (Phi) is 5.23. The molecule has 0 amide bonds. The van der Waals surface area contributed by atoms with Gasteiger partial charge in [-0.1, -0.05) is 29.8 Å². The van der Waals surface area contributed by atoms with Gasteiger partial charge in [-0.2, -0.15) is 0 Å². The molecule has 2 atom stereocenters. The number of benzene rings is 1. The molecule has 0 saturated carbocycles. The molecule has 0 heterocycles. The summed E-state index contributed by atoms with van der Waals surface area (Å²) in [6, 6.07) is 6.73. The first-order valence-electron chi connectivity index (χ1n) is 5.10. The van der Waals surface area contributed by atoms with Gasteiger partial charge in [-0.3, -0.25) is 4.79 Å². The highest BCUT2D eigenvalue weighted by atomic mass is 32.2. The number of carbonyl (C=O) groups is 1. The third kappa shape index (κ3) is 4.23. The Morgan fingerprint density at radius 3 is 2.47 bits per heavy atom. The van der Waals surface area contributed by atoms with Gasteiger partial charge in [0.1, 0.15) is 6.10 Å². The number of aliphatic hydroxyl groups excluding tert-OH is 2. The van der Waals surface area contributed by atoms with E-state index in [4.69, 9.17) is 6.42 Å². The standard InChI is InChI=1S/C13H14O3S/c1-3-10-4-6-11(7-5-10)13(16)12(15)8-17-9(2)14/h1,4-7,12-13,15-16H,8H2,2H3. The maximum Gasteiger partial charge on any atom is 0.185 e. The van der Waals surface area contributed by atoms with E-state index >= 15 is 0 Å². The van der Waals surface area contributed by atoms with E-state index in [0.717, 1.165) is 11.8 Å². The highest BCUT2D eigenvalue weighted by Crippen LogP contribution is 2.20. The molecule has 0 fully saturated rings. The largest absolute Gasteiger partial charge is 0.389 e. The van der Waals surface area contributed by atoms with E-state index in [1.807, 2.05) is 0 Å². The smallest absolute Gasteiger partial charge is 0.185 e. The third-order valence-electron chi connectivity index (χ3n) is 2.24. The van der Waals surface area contributed by atoms with Crippen LogP contribution in [0.25, 0.3) is 0 Å². The van der Waals surface area contributed by atoms with E-state index in [-0.39, 0.29) is 10.9 Å². The molecule has 0 aromatic heterocycles. The van der Waals surface area contributed by atoms with Crippen molar-refractivity contribution in [1.29, 1.82) is 0 Å². The van der Waals surface area contributed by atoms with Crippen molar-refractivity contribution >= 4 is 16.9 Å². The minimum Gasteiger partial charge on any atom is -0.389 e. The van der Waals surface area contributed by atoms with Crippen molar-refractivity contribution in [3.8, 4) is 12.3 Å². The van der Waals surface area contributed by atoms with Crippen LogP contribution in [0, 0.1) is 12.3 Å². The Bertz CT molecular complexity index is 419. The van der Waals surface area contributed by atoms with Gasteiger partial charge < -0.3 is 10.2 Å². The van der Waals surface area contributed by atoms with Crippen LogP contribution in [0.15, 0.2) is 24.3 Å². The van der Waals surface area contributed by atoms with Crippen LogP contribution in [-0.2, 0) is 4.79 Å². The Hall–Kier alpha value is -1.28. The molecule has 0 aliphatic heterocycles. The molecule has 3 nitrogen and oxygen atoms in total. The van der Waals surface area contributed by atoms with E-state index in [2.05, 4.69) is 5.92 Å². The lowest BCUT2D eigenvalue weighted by molar-refractivity contribution is -0.109. The van der Waals surface area contributed by atoms with Gasteiger partial charge in [0.2, 0.25) is 0 Å². The molecule has 90 valence electrons. The summed E-state index contributed by atoms with van der Waals surface area (Å²) in [5.41, 5.74) is 1.30. The second-order valence-corrected chi connectivity index (χ2v) is 4.78. The molecule has 0 aliphatic rings. The first-order valence-corrected chi connectivity index (χ1v) is 6.09. The van der Waals surface area contributed by atoms with Crippen molar-refractivity contribution < 1.29 is 15.0 Å². The lowest BCUT2D eigenvalue weighted by atomic mass is 10.0. The summed E-state index contributed by atoms with van der Waals surface area (Å²) in [5, 5.41) is 19.4. The number of terminal acetylenes is 1. The van der Waals surface area contributed by atoms with Crippen LogP contribution in [0.5, 0.6) is 0 Å². The van der Waals surface area contributed by atoms with Gasteiger partial charge in [0.25, 0.3) is 0 Å². The third-order valence-corrected chi connectivity index (χ3v) is 3.16. The second kappa shape index (κ2) is 6.45. The number of carbonyl (C=O) groups excluding carboxylic acids is 1. The van der Waals surface area contributed by atoms with Gasteiger partial charge >= 0.3 is 0 Å². The van der Waals surface area contributed by atoms with Gasteiger partial charge in [-0.15, -0.1) is 6.42 Å². The molecular formula is C13H14O3S. The van der Waals surface area contributed by atoms with Gasteiger partial charge in [-0.25, -0.2) is 0 Å². The van der Waals surface area contributed by atoms with Crippen LogP contribution in [-0.4, -0.2) is 27.2 Å². The fraction of sp³-hybridized carbons (Fsp3) is 0.308. The van der Waals surface area contributed by atoms with Crippen molar-refractivity contribution in [2.24, 2.45) is 0 Å². The molecule has 2 N–H and O–H groups in total. The second-order valence-electron chi connectivity index (χ2n) is 3.58. The highest BCUT2D eigenvalue weighted by molar-refractivity contribution is 8.13. The lowest BCUT2D eigenvalue weighted by Crippen LogP contribution is -2.21. The molecule has 1 aromatic carbocycles. The van der Waals surface area contributed by atoms with E-state index < -0.39 is 12.2 Å². The summed E-state index contributed by atoms with van der Waals surface area (Å²) in [6.07, 6.45) is 3.24. The summed E-state index contributed by atoms with van der Waals surface area (Å²) in [4.78, 5) is 10.7. The zero-order valence-corrected chi connectivity index (χ0v) is 10.3. The first-order chi connectivity index (χ1) is 8.04. The number of rotatable bonds is 4. The normalized spacial score (nSPS) is 13.8. The van der Waals surface area contributed by atoms with Crippen LogP contribution in [0.2, 0.25) is 0 Å². The quantitative estimate of drug-likeness (QED) is 0.792. The SMILES string of the molecule is C#Cc1ccc(C(O)C(O)CSC(C)=O)cc1. The van der Waals surface area contributed by atoms with Crippen molar-refractivity contribution in [3.05, 3.63) is 35.4 Å². The van der Waals surface area contributed by atoms with Crippen LogP contribution in [0.4, 0.5) is 0 Å². The molecule has 0 radical (unpaired) electrons. The van der Waals surface area contributed by atoms with Crippen LogP contribution >= 0.6 is 11.8 Å². The van der Waals surface area contributed by atoms with Gasteiger partial charge in [0.15, 0.2) is 5.12 Å². The average molecular weight is 250 g/mol. The maximum absolute atomic E-state index is 10.7. The van der Waals surface area contributed by atoms with Crippen molar-refractivity contribution in [1.82, 2.24) is 0 Å². The molecule has 4 heteroatoms. The summed E-state index contributed by atoms with van der Waals surface area (Å²) in [7, 11) is 0. The summed E-state index contributed by atoms with van der Waals surface area (Å²) in [5.74, 6) is 2.64. The molecule has 0 spiro atoms. The Balaban J connectivity index is 2.64.